The molecule has 0 fully saturated rings. The van der Waals surface area contributed by atoms with Crippen LogP contribution in [0, 0.1) is 0 Å². The van der Waals surface area contributed by atoms with Crippen molar-refractivity contribution < 1.29 is 36.6 Å². The molecule has 0 aromatic heterocycles. The molecule has 0 heterocycles. The van der Waals surface area contributed by atoms with Gasteiger partial charge in [-0.25, -0.2) is 4.79 Å². The molecule has 7 heteroatoms. The summed E-state index contributed by atoms with van der Waals surface area (Å²) < 4.78 is 10.2. The quantitative estimate of drug-likeness (QED) is 0.202. The minimum absolute atomic E-state index is 0. The van der Waals surface area contributed by atoms with Crippen molar-refractivity contribution in [2.45, 2.75) is 91.3 Å². The third-order valence-corrected chi connectivity index (χ3v) is 11.1. The second-order valence-electron chi connectivity index (χ2n) is 8.22. The van der Waals surface area contributed by atoms with Gasteiger partial charge in [0.25, 0.3) is 0 Å². The Morgan fingerprint density at radius 1 is 0.933 bits per heavy atom. The van der Waals surface area contributed by atoms with Crippen molar-refractivity contribution in [3.05, 3.63) is 12.2 Å². The maximum absolute atomic E-state index is 12.4. The zero-order valence-corrected chi connectivity index (χ0v) is 21.4. The number of ether oxygens (including phenoxy) is 2. The van der Waals surface area contributed by atoms with Gasteiger partial charge in [0.1, 0.15) is 19.3 Å². The first-order chi connectivity index (χ1) is 13.7. The van der Waals surface area contributed by atoms with Crippen molar-refractivity contribution in [1.29, 1.82) is 0 Å². The van der Waals surface area contributed by atoms with E-state index >= 15 is 0 Å². The number of halogens is 1. The molecule has 0 aliphatic heterocycles. The number of esters is 2. The number of unbranched alkanes of at least 4 members (excludes halogenated alkanes) is 3. The zero-order valence-electron chi connectivity index (χ0n) is 19.8. The Bertz CT molecular complexity index is 476. The standard InChI is InChI=1S/C23H44O5P.ClH/c1-7-10-13-29(14-11-8-2,15-12-9-3)20(6)16-22(25)27-17-21(24)18-28-23(26)19(4)5;/h20-21,24H,4,7-18H2,1-3,5-6H3;1H/q+1;/p-1. The lowest BCUT2D eigenvalue weighted by Gasteiger charge is -2.33. The van der Waals surface area contributed by atoms with Gasteiger partial charge < -0.3 is 27.0 Å². The molecule has 0 saturated heterocycles. The first kappa shape index (κ1) is 31.5. The molecule has 0 aliphatic rings. The largest absolute Gasteiger partial charge is 1.00 e. The highest BCUT2D eigenvalue weighted by Gasteiger charge is 2.42. The molecule has 0 bridgehead atoms. The first-order valence-corrected chi connectivity index (χ1v) is 13.7. The number of rotatable bonds is 17. The SMILES string of the molecule is C=C(C)C(=O)OCC(O)COC(=O)CC(C)[P+](CCCC)(CCCC)CCCC.[Cl-]. The second kappa shape index (κ2) is 18.0. The molecule has 0 aromatic rings. The van der Waals surface area contributed by atoms with E-state index in [1.807, 2.05) is 0 Å². The van der Waals surface area contributed by atoms with Crippen molar-refractivity contribution in [2.75, 3.05) is 31.7 Å². The highest BCUT2D eigenvalue weighted by atomic mass is 35.5. The van der Waals surface area contributed by atoms with Crippen molar-refractivity contribution >= 4 is 19.2 Å². The first-order valence-electron chi connectivity index (χ1n) is 11.2. The van der Waals surface area contributed by atoms with Crippen LogP contribution < -0.4 is 12.4 Å². The number of aliphatic hydroxyl groups excluding tert-OH is 1. The molecule has 2 unspecified atom stereocenters. The molecule has 0 aliphatic carbocycles. The number of hydrogen-bond acceptors (Lipinski definition) is 5. The molecule has 1 N–H and O–H groups in total. The number of aliphatic hydroxyl groups is 1. The molecular weight excluding hydrogens is 423 g/mol. The Balaban J connectivity index is 0. The van der Waals surface area contributed by atoms with Gasteiger partial charge in [0, 0.05) is 12.8 Å². The van der Waals surface area contributed by atoms with Crippen LogP contribution in [-0.2, 0) is 19.1 Å². The van der Waals surface area contributed by atoms with Crippen LogP contribution in [0.2, 0.25) is 0 Å². The summed E-state index contributed by atoms with van der Waals surface area (Å²) in [5.41, 5.74) is 0.618. The summed E-state index contributed by atoms with van der Waals surface area (Å²) in [5.74, 6) is -0.821. The van der Waals surface area contributed by atoms with E-state index in [0.717, 1.165) is 0 Å². The lowest BCUT2D eigenvalue weighted by Crippen LogP contribution is -3.00. The molecule has 0 amide bonds. The van der Waals surface area contributed by atoms with Crippen molar-refractivity contribution in [3.63, 3.8) is 0 Å². The lowest BCUT2D eigenvalue weighted by molar-refractivity contribution is -0.150. The molecule has 0 spiro atoms. The summed E-state index contributed by atoms with van der Waals surface area (Å²) in [6.45, 7) is 13.6. The highest BCUT2D eigenvalue weighted by Crippen LogP contribution is 2.65. The summed E-state index contributed by atoms with van der Waals surface area (Å²) >= 11 is 0. The zero-order chi connectivity index (χ0) is 22.3. The summed E-state index contributed by atoms with van der Waals surface area (Å²) in [4.78, 5) is 23.8. The minimum atomic E-state index is -1.22. The van der Waals surface area contributed by atoms with E-state index < -0.39 is 19.3 Å². The fourth-order valence-corrected chi connectivity index (χ4v) is 8.81. The average molecular weight is 467 g/mol. The van der Waals surface area contributed by atoms with Crippen molar-refractivity contribution in [3.8, 4) is 0 Å². The van der Waals surface area contributed by atoms with Gasteiger partial charge in [-0.1, -0.05) is 46.6 Å². The summed E-state index contributed by atoms with van der Waals surface area (Å²) in [7, 11) is -1.22. The summed E-state index contributed by atoms with van der Waals surface area (Å²) in [5, 5.41) is 9.89. The van der Waals surface area contributed by atoms with E-state index in [4.69, 9.17) is 9.47 Å². The van der Waals surface area contributed by atoms with Gasteiger partial charge in [-0.3, -0.25) is 4.79 Å². The molecule has 0 rings (SSSR count). The summed E-state index contributed by atoms with van der Waals surface area (Å²) in [6, 6.07) is 0. The third-order valence-electron chi connectivity index (χ3n) is 5.46. The van der Waals surface area contributed by atoms with E-state index in [2.05, 4.69) is 34.3 Å². The van der Waals surface area contributed by atoms with Crippen molar-refractivity contribution in [1.82, 2.24) is 0 Å². The normalized spacial score (nSPS) is 13.1. The van der Waals surface area contributed by atoms with E-state index in [1.54, 1.807) is 6.92 Å². The van der Waals surface area contributed by atoms with Crippen LogP contribution >= 0.6 is 7.26 Å². The molecule has 0 saturated carbocycles. The topological polar surface area (TPSA) is 72.8 Å². The van der Waals surface area contributed by atoms with Crippen molar-refractivity contribution in [2.24, 2.45) is 0 Å². The Morgan fingerprint density at radius 3 is 1.77 bits per heavy atom. The predicted octanol–water partition coefficient (Wildman–Crippen LogP) is 2.21. The van der Waals surface area contributed by atoms with Crippen LogP contribution in [0.3, 0.4) is 0 Å². The Hall–Kier alpha value is -0.640. The van der Waals surface area contributed by atoms with Crippen LogP contribution in [0.5, 0.6) is 0 Å². The number of carbonyl (C=O) groups excluding carboxylic acids is 2. The van der Waals surface area contributed by atoms with Gasteiger partial charge in [0.05, 0.1) is 30.6 Å². The number of carbonyl (C=O) groups is 2. The van der Waals surface area contributed by atoms with Crippen LogP contribution in [-0.4, -0.2) is 60.5 Å². The Labute approximate surface area is 191 Å². The van der Waals surface area contributed by atoms with Gasteiger partial charge in [0.15, 0.2) is 0 Å². The third kappa shape index (κ3) is 12.9. The fourth-order valence-electron chi connectivity index (χ4n) is 3.44. The van der Waals surface area contributed by atoms with Gasteiger partial charge in [-0.05, 0) is 33.1 Å². The monoisotopic (exact) mass is 466 g/mol. The van der Waals surface area contributed by atoms with E-state index in [1.165, 1.54) is 57.0 Å². The molecular formula is C23H44ClO5P. The smallest absolute Gasteiger partial charge is 0.333 e. The van der Waals surface area contributed by atoms with Crippen LogP contribution in [0.1, 0.15) is 79.6 Å². The van der Waals surface area contributed by atoms with Gasteiger partial charge >= 0.3 is 11.9 Å². The van der Waals surface area contributed by atoms with E-state index in [-0.39, 0.29) is 37.2 Å². The lowest BCUT2D eigenvalue weighted by atomic mass is 10.3. The number of hydrogen-bond donors (Lipinski definition) is 1. The molecule has 30 heavy (non-hydrogen) atoms. The van der Waals surface area contributed by atoms with Gasteiger partial charge in [-0.15, -0.1) is 0 Å². The van der Waals surface area contributed by atoms with Gasteiger partial charge in [0.2, 0.25) is 0 Å². The summed E-state index contributed by atoms with van der Waals surface area (Å²) in [6.07, 6.45) is 10.4. The molecule has 2 atom stereocenters. The van der Waals surface area contributed by atoms with E-state index in [0.29, 0.717) is 12.1 Å². The minimum Gasteiger partial charge on any atom is -1.00 e. The Morgan fingerprint density at radius 2 is 1.37 bits per heavy atom. The van der Waals surface area contributed by atoms with Gasteiger partial charge in [-0.2, -0.15) is 0 Å². The highest BCUT2D eigenvalue weighted by molar-refractivity contribution is 7.76. The van der Waals surface area contributed by atoms with Crippen LogP contribution in [0.25, 0.3) is 0 Å². The molecule has 0 radical (unpaired) electrons. The predicted molar refractivity (Wildman–Crippen MR) is 123 cm³/mol. The molecule has 178 valence electrons. The average Bonchev–Trinajstić information content (AvgIpc) is 2.69. The van der Waals surface area contributed by atoms with Crippen LogP contribution in [0.15, 0.2) is 12.2 Å². The second-order valence-corrected chi connectivity index (χ2v) is 12.9. The Kier molecular flexibility index (Phi) is 18.9. The fraction of sp³-hybridized carbons (Fsp3) is 0.826. The van der Waals surface area contributed by atoms with E-state index in [9.17, 15) is 14.7 Å². The molecule has 0 aromatic carbocycles. The van der Waals surface area contributed by atoms with Crippen LogP contribution in [0.4, 0.5) is 0 Å². The molecule has 5 nitrogen and oxygen atoms in total. The maximum atomic E-state index is 12.4. The maximum Gasteiger partial charge on any atom is 0.333 e.